The molecule has 0 radical (unpaired) electrons. The molecular weight excluding hydrogens is 524 g/mol. The minimum atomic E-state index is -0.612. The summed E-state index contributed by atoms with van der Waals surface area (Å²) in [5.41, 5.74) is 0.625. The third-order valence-corrected chi connectivity index (χ3v) is 8.81. The Labute approximate surface area is 259 Å². The SMILES string of the molecule is CCCCCCCCCCCCNC(=O)/C(C)=C/[C@H](C(C)C)N(C)C(=O)[C@@H](NC(=O)[C@H]1CCCCN1C(C)C)C(C)C. The number of likely N-dealkylation sites (tertiary alicyclic amines) is 1. The van der Waals surface area contributed by atoms with Crippen molar-refractivity contribution in [3.05, 3.63) is 11.6 Å². The summed E-state index contributed by atoms with van der Waals surface area (Å²) in [7, 11) is 1.79. The number of carbonyl (C=O) groups excluding carboxylic acids is 3. The molecular formula is C35H66N4O3. The van der Waals surface area contributed by atoms with E-state index >= 15 is 0 Å². The van der Waals surface area contributed by atoms with E-state index in [9.17, 15) is 14.4 Å². The molecule has 0 spiro atoms. The molecule has 3 amide bonds. The van der Waals surface area contributed by atoms with Crippen molar-refractivity contribution in [2.75, 3.05) is 20.1 Å². The maximum atomic E-state index is 13.8. The smallest absolute Gasteiger partial charge is 0.246 e. The molecule has 7 heteroatoms. The third-order valence-electron chi connectivity index (χ3n) is 8.81. The van der Waals surface area contributed by atoms with E-state index in [1.807, 2.05) is 26.8 Å². The highest BCUT2D eigenvalue weighted by Gasteiger charge is 2.36. The van der Waals surface area contributed by atoms with Crippen molar-refractivity contribution in [2.24, 2.45) is 11.8 Å². The number of nitrogens with zero attached hydrogens (tertiary/aromatic N) is 2. The van der Waals surface area contributed by atoms with Crippen molar-refractivity contribution in [3.63, 3.8) is 0 Å². The monoisotopic (exact) mass is 591 g/mol. The second-order valence-corrected chi connectivity index (χ2v) is 13.5. The molecule has 0 aliphatic carbocycles. The maximum Gasteiger partial charge on any atom is 0.246 e. The Morgan fingerprint density at radius 2 is 1.43 bits per heavy atom. The maximum absolute atomic E-state index is 13.8. The van der Waals surface area contributed by atoms with Crippen LogP contribution in [0.15, 0.2) is 11.6 Å². The van der Waals surface area contributed by atoms with Gasteiger partial charge in [-0.05, 0) is 58.4 Å². The molecule has 0 aromatic heterocycles. The van der Waals surface area contributed by atoms with Crippen molar-refractivity contribution in [1.82, 2.24) is 20.4 Å². The number of rotatable bonds is 20. The standard InChI is InChI=1S/C35H66N4O3/c1-10-11-12-13-14-15-16-17-18-20-23-36-33(40)29(8)25-31(26(2)3)38(9)35(42)32(27(4)5)37-34(41)30-22-19-21-24-39(30)28(6)7/h25-28,30-32H,10-24H2,1-9H3,(H,36,40)(H,37,41)/b29-25+/t30-,31-,32+/m1/s1. The molecule has 0 saturated carbocycles. The van der Waals surface area contributed by atoms with E-state index in [1.54, 1.807) is 11.9 Å². The Bertz CT molecular complexity index is 823. The van der Waals surface area contributed by atoms with Crippen LogP contribution in [-0.2, 0) is 14.4 Å². The summed E-state index contributed by atoms with van der Waals surface area (Å²) in [6.45, 7) is 18.0. The first-order valence-electron chi connectivity index (χ1n) is 17.2. The minimum absolute atomic E-state index is 0.0528. The number of amides is 3. The van der Waals surface area contributed by atoms with Gasteiger partial charge in [0.25, 0.3) is 0 Å². The normalized spacial score (nSPS) is 17.9. The Morgan fingerprint density at radius 1 is 0.857 bits per heavy atom. The molecule has 0 bridgehead atoms. The Hall–Kier alpha value is -1.89. The van der Waals surface area contributed by atoms with E-state index in [2.05, 4.69) is 50.2 Å². The zero-order chi connectivity index (χ0) is 31.7. The summed E-state index contributed by atoms with van der Waals surface area (Å²) in [4.78, 5) is 44.0. The largest absolute Gasteiger partial charge is 0.352 e. The quantitative estimate of drug-likeness (QED) is 0.120. The molecule has 1 aliphatic heterocycles. The molecule has 0 aromatic carbocycles. The van der Waals surface area contributed by atoms with Crippen molar-refractivity contribution in [1.29, 1.82) is 0 Å². The first kappa shape index (κ1) is 38.1. The van der Waals surface area contributed by atoms with E-state index in [-0.39, 0.29) is 47.7 Å². The zero-order valence-corrected chi connectivity index (χ0v) is 28.8. The summed E-state index contributed by atoms with van der Waals surface area (Å²) < 4.78 is 0. The first-order chi connectivity index (χ1) is 19.9. The summed E-state index contributed by atoms with van der Waals surface area (Å²) >= 11 is 0. The van der Waals surface area contributed by atoms with E-state index in [0.717, 1.165) is 38.6 Å². The fourth-order valence-corrected chi connectivity index (χ4v) is 6.02. The molecule has 1 aliphatic rings. The molecule has 2 N–H and O–H groups in total. The second kappa shape index (κ2) is 20.9. The van der Waals surface area contributed by atoms with Crippen LogP contribution in [0.4, 0.5) is 0 Å². The molecule has 0 aromatic rings. The molecule has 0 unspecified atom stereocenters. The predicted molar refractivity (Wildman–Crippen MR) is 176 cm³/mol. The van der Waals surface area contributed by atoms with Crippen molar-refractivity contribution < 1.29 is 14.4 Å². The Kier molecular flexibility index (Phi) is 19.0. The van der Waals surface area contributed by atoms with Gasteiger partial charge in [-0.2, -0.15) is 0 Å². The number of likely N-dealkylation sites (N-methyl/N-ethyl adjacent to an activating group) is 1. The van der Waals surface area contributed by atoms with Gasteiger partial charge in [-0.25, -0.2) is 0 Å². The van der Waals surface area contributed by atoms with Crippen LogP contribution < -0.4 is 10.6 Å². The van der Waals surface area contributed by atoms with Crippen molar-refractivity contribution in [2.45, 2.75) is 163 Å². The Morgan fingerprint density at radius 3 is 1.95 bits per heavy atom. The van der Waals surface area contributed by atoms with Gasteiger partial charge in [-0.3, -0.25) is 19.3 Å². The lowest BCUT2D eigenvalue weighted by atomic mass is 9.95. The van der Waals surface area contributed by atoms with Gasteiger partial charge in [-0.1, -0.05) is 105 Å². The van der Waals surface area contributed by atoms with Crippen LogP contribution in [0.3, 0.4) is 0 Å². The fraction of sp³-hybridized carbons (Fsp3) is 0.857. The molecule has 3 atom stereocenters. The molecule has 244 valence electrons. The topological polar surface area (TPSA) is 81.8 Å². The Balaban J connectivity index is 2.67. The van der Waals surface area contributed by atoms with E-state index in [1.165, 1.54) is 51.4 Å². The number of hydrogen-bond donors (Lipinski definition) is 2. The van der Waals surface area contributed by atoms with Crippen LogP contribution in [-0.4, -0.2) is 71.8 Å². The van der Waals surface area contributed by atoms with Crippen LogP contribution >= 0.6 is 0 Å². The highest BCUT2D eigenvalue weighted by molar-refractivity contribution is 5.93. The van der Waals surface area contributed by atoms with Crippen molar-refractivity contribution >= 4 is 17.7 Å². The van der Waals surface area contributed by atoms with Crippen LogP contribution in [0.5, 0.6) is 0 Å². The lowest BCUT2D eigenvalue weighted by Crippen LogP contribution is -2.58. The average Bonchev–Trinajstić information content (AvgIpc) is 2.95. The van der Waals surface area contributed by atoms with Gasteiger partial charge in [0.05, 0.1) is 12.1 Å². The fourth-order valence-electron chi connectivity index (χ4n) is 6.02. The van der Waals surface area contributed by atoms with Crippen LogP contribution in [0.25, 0.3) is 0 Å². The molecule has 1 fully saturated rings. The van der Waals surface area contributed by atoms with Gasteiger partial charge in [0.2, 0.25) is 17.7 Å². The van der Waals surface area contributed by atoms with Gasteiger partial charge in [0.15, 0.2) is 0 Å². The second-order valence-electron chi connectivity index (χ2n) is 13.5. The van der Waals surface area contributed by atoms with E-state index in [0.29, 0.717) is 12.1 Å². The first-order valence-corrected chi connectivity index (χ1v) is 17.2. The lowest BCUT2D eigenvalue weighted by Gasteiger charge is -2.39. The molecule has 42 heavy (non-hydrogen) atoms. The molecule has 1 heterocycles. The number of carbonyl (C=O) groups is 3. The summed E-state index contributed by atoms with van der Waals surface area (Å²) in [6.07, 6.45) is 17.5. The summed E-state index contributed by atoms with van der Waals surface area (Å²) in [5, 5.41) is 6.18. The summed E-state index contributed by atoms with van der Waals surface area (Å²) in [5.74, 6) is -0.178. The van der Waals surface area contributed by atoms with Crippen molar-refractivity contribution in [3.8, 4) is 0 Å². The minimum Gasteiger partial charge on any atom is -0.352 e. The highest BCUT2D eigenvalue weighted by Crippen LogP contribution is 2.21. The van der Waals surface area contributed by atoms with Gasteiger partial charge in [0.1, 0.15) is 6.04 Å². The lowest BCUT2D eigenvalue weighted by molar-refractivity contribution is -0.140. The van der Waals surface area contributed by atoms with Gasteiger partial charge in [0, 0.05) is 25.2 Å². The number of nitrogens with one attached hydrogen (secondary N) is 2. The molecule has 1 saturated heterocycles. The average molecular weight is 591 g/mol. The highest BCUT2D eigenvalue weighted by atomic mass is 16.2. The van der Waals surface area contributed by atoms with Crippen LogP contribution in [0.1, 0.15) is 139 Å². The number of hydrogen-bond acceptors (Lipinski definition) is 4. The molecule has 7 nitrogen and oxygen atoms in total. The van der Waals surface area contributed by atoms with Crippen LogP contribution in [0, 0.1) is 11.8 Å². The van der Waals surface area contributed by atoms with Crippen LogP contribution in [0.2, 0.25) is 0 Å². The summed E-state index contributed by atoms with van der Waals surface area (Å²) in [6, 6.07) is -0.772. The van der Waals surface area contributed by atoms with E-state index in [4.69, 9.17) is 0 Å². The van der Waals surface area contributed by atoms with Gasteiger partial charge >= 0.3 is 0 Å². The molecule has 1 rings (SSSR count). The third kappa shape index (κ3) is 13.6. The zero-order valence-electron chi connectivity index (χ0n) is 28.8. The van der Waals surface area contributed by atoms with Gasteiger partial charge in [-0.15, -0.1) is 0 Å². The van der Waals surface area contributed by atoms with Gasteiger partial charge < -0.3 is 15.5 Å². The number of unbranched alkanes of at least 4 members (excludes halogenated alkanes) is 9. The number of piperidine rings is 1. The van der Waals surface area contributed by atoms with E-state index < -0.39 is 6.04 Å². The predicted octanol–water partition coefficient (Wildman–Crippen LogP) is 6.86.